The van der Waals surface area contributed by atoms with Gasteiger partial charge in [0.25, 0.3) is 0 Å². The first-order chi connectivity index (χ1) is 17.3. The molecule has 0 bridgehead atoms. The number of hydrogen-bond acceptors (Lipinski definition) is 6. The average Bonchev–Trinajstić information content (AvgIpc) is 3.41. The molecule has 0 N–H and O–H groups in total. The SMILES string of the molecule is CCC(=C/c1oc2[se]cc(Br)c2[n+]1CS(=O)(=O)[O-])/C=C1/N(CC)c2cc(Cl)c(C(F)(F)F)cc2N1CC. The van der Waals surface area contributed by atoms with Crippen LogP contribution < -0.4 is 14.4 Å². The molecule has 2 aromatic heterocycles. The van der Waals surface area contributed by atoms with Crippen molar-refractivity contribution in [3.05, 3.63) is 55.5 Å². The number of fused-ring (bicyclic) bond motifs is 2. The summed E-state index contributed by atoms with van der Waals surface area (Å²) in [4.78, 5) is 5.52. The average molecular weight is 688 g/mol. The molecule has 1 aliphatic heterocycles. The van der Waals surface area contributed by atoms with Gasteiger partial charge in [-0.2, -0.15) is 13.2 Å². The number of nitrogens with zero attached hydrogens (tertiary/aromatic N) is 3. The van der Waals surface area contributed by atoms with Crippen LogP contribution >= 0.6 is 27.5 Å². The van der Waals surface area contributed by atoms with Crippen molar-refractivity contribution < 1.29 is 35.1 Å². The predicted octanol–water partition coefficient (Wildman–Crippen LogP) is 5.72. The molecular weight excluding hydrogens is 666 g/mol. The van der Waals surface area contributed by atoms with E-state index in [2.05, 4.69) is 15.9 Å². The number of rotatable bonds is 7. The molecule has 0 spiro atoms. The maximum atomic E-state index is 13.6. The molecule has 0 saturated carbocycles. The van der Waals surface area contributed by atoms with Gasteiger partial charge in [0.15, 0.2) is 0 Å². The quantitative estimate of drug-likeness (QED) is 0.180. The molecule has 7 nitrogen and oxygen atoms in total. The van der Waals surface area contributed by atoms with Gasteiger partial charge in [-0.05, 0) is 0 Å². The predicted molar refractivity (Wildman–Crippen MR) is 140 cm³/mol. The van der Waals surface area contributed by atoms with Crippen LogP contribution in [0.2, 0.25) is 5.02 Å². The second-order valence-corrected chi connectivity index (χ2v) is 12.6. The molecule has 37 heavy (non-hydrogen) atoms. The topological polar surface area (TPSA) is 80.7 Å². The zero-order valence-corrected chi connectivity index (χ0v) is 24.8. The van der Waals surface area contributed by atoms with Crippen LogP contribution in [-0.4, -0.2) is 40.6 Å². The van der Waals surface area contributed by atoms with E-state index in [1.165, 1.54) is 10.6 Å². The van der Waals surface area contributed by atoms with Gasteiger partial charge in [-0.15, -0.1) is 0 Å². The van der Waals surface area contributed by atoms with Gasteiger partial charge in [-0.25, -0.2) is 0 Å². The van der Waals surface area contributed by atoms with Crippen molar-refractivity contribution in [2.24, 2.45) is 0 Å². The Kier molecular flexibility index (Phi) is 7.96. The van der Waals surface area contributed by atoms with Crippen molar-refractivity contribution >= 4 is 79.6 Å². The Hall–Kier alpha value is -1.76. The number of halogens is 5. The normalized spacial score (nSPS) is 15.9. The van der Waals surface area contributed by atoms with Gasteiger partial charge in [-0.3, -0.25) is 0 Å². The van der Waals surface area contributed by atoms with E-state index >= 15 is 0 Å². The molecule has 0 fully saturated rings. The van der Waals surface area contributed by atoms with Gasteiger partial charge in [0, 0.05) is 0 Å². The molecule has 3 heterocycles. The molecule has 0 saturated heterocycles. The minimum absolute atomic E-state index is 0.167. The van der Waals surface area contributed by atoms with E-state index in [4.69, 9.17) is 16.0 Å². The van der Waals surface area contributed by atoms with E-state index in [0.717, 1.165) is 11.6 Å². The number of hydrogen-bond donors (Lipinski definition) is 0. The second-order valence-electron chi connectivity index (χ2n) is 8.16. The first kappa shape index (κ1) is 28.3. The zero-order valence-electron chi connectivity index (χ0n) is 19.9. The van der Waals surface area contributed by atoms with E-state index in [-0.39, 0.29) is 25.4 Å². The van der Waals surface area contributed by atoms with Crippen LogP contribution in [0.1, 0.15) is 38.6 Å². The number of oxazole rings is 1. The summed E-state index contributed by atoms with van der Waals surface area (Å²) in [6.45, 7) is 6.48. The summed E-state index contributed by atoms with van der Waals surface area (Å²) >= 11 is 9.25. The standard InChI is InChI=1S/C23H22BrClF3N3O4SSe/c1-4-13(8-20-31(12-36(32,33)34)21-15(24)11-37-22(21)35-20)7-19-29(5-2)17-9-14(23(26,27)28)16(25)10-18(17)30(19)6-3/h7-11H,4-6,12H2,1-3H3. The monoisotopic (exact) mass is 687 g/mol. The van der Waals surface area contributed by atoms with Crippen LogP contribution in [0.3, 0.4) is 0 Å². The fraction of sp³-hybridized carbons (Fsp3) is 0.348. The van der Waals surface area contributed by atoms with Crippen LogP contribution in [0.15, 0.2) is 43.4 Å². The van der Waals surface area contributed by atoms with Gasteiger partial charge in [-0.1, -0.05) is 0 Å². The Morgan fingerprint density at radius 1 is 1.22 bits per heavy atom. The van der Waals surface area contributed by atoms with Crippen molar-refractivity contribution in [1.29, 1.82) is 0 Å². The fourth-order valence-corrected chi connectivity index (χ4v) is 7.93. The summed E-state index contributed by atoms with van der Waals surface area (Å²) in [5, 5.41) is -0.376. The van der Waals surface area contributed by atoms with Crippen molar-refractivity contribution in [2.75, 3.05) is 22.9 Å². The fourth-order valence-electron chi connectivity index (χ4n) is 4.26. The van der Waals surface area contributed by atoms with Crippen molar-refractivity contribution in [1.82, 2.24) is 0 Å². The Morgan fingerprint density at radius 3 is 2.38 bits per heavy atom. The Labute approximate surface area is 231 Å². The molecule has 1 aromatic carbocycles. The molecule has 1 aliphatic rings. The molecule has 14 heteroatoms. The molecule has 0 atom stereocenters. The Bertz CT molecular complexity index is 1530. The summed E-state index contributed by atoms with van der Waals surface area (Å²) in [7, 11) is -4.62. The third-order valence-corrected chi connectivity index (χ3v) is 9.82. The zero-order chi connectivity index (χ0) is 27.3. The van der Waals surface area contributed by atoms with E-state index in [0.29, 0.717) is 51.2 Å². The number of anilines is 2. The first-order valence-corrected chi connectivity index (χ1v) is 15.8. The summed E-state index contributed by atoms with van der Waals surface area (Å²) < 4.78 is 84.1. The van der Waals surface area contributed by atoms with E-state index < -0.39 is 27.7 Å². The molecule has 0 unspecified atom stereocenters. The van der Waals surface area contributed by atoms with E-state index in [1.807, 2.05) is 36.7 Å². The Balaban J connectivity index is 1.85. The molecule has 200 valence electrons. The molecular formula is C23H22BrClF3N3O4SSe. The molecule has 0 radical (unpaired) electrons. The minimum atomic E-state index is -4.62. The van der Waals surface area contributed by atoms with Crippen molar-refractivity contribution in [2.45, 2.75) is 39.2 Å². The summed E-state index contributed by atoms with van der Waals surface area (Å²) in [5.74, 6) is 0.0567. The second kappa shape index (κ2) is 10.4. The van der Waals surface area contributed by atoms with Crippen LogP contribution in [0.4, 0.5) is 24.5 Å². The first-order valence-electron chi connectivity index (χ1n) is 11.2. The van der Waals surface area contributed by atoms with Crippen LogP contribution in [0.25, 0.3) is 16.0 Å². The van der Waals surface area contributed by atoms with Gasteiger partial charge in [0.05, 0.1) is 0 Å². The maximum absolute atomic E-state index is 13.6. The van der Waals surface area contributed by atoms with Crippen molar-refractivity contribution in [3.8, 4) is 0 Å². The van der Waals surface area contributed by atoms with Crippen LogP contribution in [0, 0.1) is 0 Å². The van der Waals surface area contributed by atoms with Gasteiger partial charge in [0.1, 0.15) is 0 Å². The van der Waals surface area contributed by atoms with Gasteiger partial charge in [0.2, 0.25) is 0 Å². The molecule has 0 aliphatic carbocycles. The summed E-state index contributed by atoms with van der Waals surface area (Å²) in [5.41, 5.74) is 1.29. The molecule has 4 rings (SSSR count). The number of benzene rings is 1. The number of aromatic nitrogens is 1. The molecule has 0 amide bonds. The van der Waals surface area contributed by atoms with Gasteiger partial charge < -0.3 is 0 Å². The number of allylic oxidation sites excluding steroid dienone is 2. The van der Waals surface area contributed by atoms with Crippen molar-refractivity contribution in [3.63, 3.8) is 0 Å². The summed E-state index contributed by atoms with van der Waals surface area (Å²) in [6.07, 6.45) is -0.608. The van der Waals surface area contributed by atoms with Crippen LogP contribution in [-0.2, 0) is 22.2 Å². The third kappa shape index (κ3) is 5.53. The van der Waals surface area contributed by atoms with Gasteiger partial charge >= 0.3 is 219 Å². The Morgan fingerprint density at radius 2 is 1.84 bits per heavy atom. The van der Waals surface area contributed by atoms with E-state index in [1.54, 1.807) is 11.0 Å². The third-order valence-electron chi connectivity index (χ3n) is 5.88. The number of alkyl halides is 3. The summed E-state index contributed by atoms with van der Waals surface area (Å²) in [6, 6.07) is 2.40. The molecule has 3 aromatic rings. The van der Waals surface area contributed by atoms with Crippen LogP contribution in [0.5, 0.6) is 0 Å². The van der Waals surface area contributed by atoms with E-state index in [9.17, 15) is 26.1 Å².